The van der Waals surface area contributed by atoms with Crippen LogP contribution in [-0.2, 0) is 11.3 Å². The summed E-state index contributed by atoms with van der Waals surface area (Å²) in [6.07, 6.45) is 1.54. The Morgan fingerprint density at radius 3 is 2.38 bits per heavy atom. The van der Waals surface area contributed by atoms with Gasteiger partial charge in [0.15, 0.2) is 5.65 Å². The first kappa shape index (κ1) is 23.6. The highest BCUT2D eigenvalue weighted by molar-refractivity contribution is 6.10. The van der Waals surface area contributed by atoms with E-state index in [-0.39, 0.29) is 23.7 Å². The Morgan fingerprint density at radius 2 is 1.70 bits per heavy atom. The number of benzene rings is 3. The van der Waals surface area contributed by atoms with E-state index in [0.29, 0.717) is 33.3 Å². The number of esters is 1. The van der Waals surface area contributed by atoms with E-state index in [1.807, 2.05) is 12.1 Å². The fraction of sp³-hybridized carbons (Fsp3) is 0.0741. The molecule has 0 bridgehead atoms. The Hall–Kier alpha value is -5.12. The highest BCUT2D eigenvalue weighted by Gasteiger charge is 2.24. The van der Waals surface area contributed by atoms with Gasteiger partial charge in [-0.05, 0) is 47.5 Å². The summed E-state index contributed by atoms with van der Waals surface area (Å²) in [6, 6.07) is 19.7. The van der Waals surface area contributed by atoms with Crippen LogP contribution in [0.2, 0.25) is 0 Å². The van der Waals surface area contributed by atoms with Gasteiger partial charge in [0.25, 0.3) is 5.91 Å². The molecular formula is C27H21FN6O3. The molecule has 0 spiro atoms. The number of hydrogen-bond acceptors (Lipinski definition) is 7. The number of aromatic nitrogens is 3. The van der Waals surface area contributed by atoms with Crippen LogP contribution >= 0.6 is 0 Å². The molecule has 0 saturated heterocycles. The summed E-state index contributed by atoms with van der Waals surface area (Å²) in [5.74, 6) is -1.21. The van der Waals surface area contributed by atoms with Crippen LogP contribution in [0.4, 0.5) is 10.2 Å². The van der Waals surface area contributed by atoms with Gasteiger partial charge in [0.1, 0.15) is 22.7 Å². The molecule has 0 unspecified atom stereocenters. The van der Waals surface area contributed by atoms with Crippen molar-refractivity contribution in [3.8, 4) is 0 Å². The molecule has 3 aromatic carbocycles. The predicted octanol–water partition coefficient (Wildman–Crippen LogP) is 3.90. The third-order valence-electron chi connectivity index (χ3n) is 5.72. The Balaban J connectivity index is 1.54. The van der Waals surface area contributed by atoms with Crippen molar-refractivity contribution in [1.29, 1.82) is 0 Å². The van der Waals surface area contributed by atoms with Crippen molar-refractivity contribution < 1.29 is 18.7 Å². The molecule has 0 aliphatic rings. The van der Waals surface area contributed by atoms with Gasteiger partial charge in [-0.2, -0.15) is 9.78 Å². The fourth-order valence-electron chi connectivity index (χ4n) is 3.81. The molecule has 0 aliphatic carbocycles. The van der Waals surface area contributed by atoms with Gasteiger partial charge in [-0.25, -0.2) is 19.2 Å². The van der Waals surface area contributed by atoms with Gasteiger partial charge in [-0.15, -0.1) is 0 Å². The lowest BCUT2D eigenvalue weighted by molar-refractivity contribution is 0.0600. The molecular weight excluding hydrogens is 475 g/mol. The van der Waals surface area contributed by atoms with Gasteiger partial charge < -0.3 is 15.8 Å². The van der Waals surface area contributed by atoms with E-state index >= 15 is 0 Å². The quantitative estimate of drug-likeness (QED) is 0.271. The number of carbonyl (C=O) groups excluding carboxylic acids is 2. The molecule has 5 rings (SSSR count). The number of halogens is 1. The van der Waals surface area contributed by atoms with Crippen LogP contribution in [0, 0.1) is 5.82 Å². The third-order valence-corrected chi connectivity index (χ3v) is 5.72. The normalized spacial score (nSPS) is 11.3. The van der Waals surface area contributed by atoms with Crippen LogP contribution in [0.1, 0.15) is 31.8 Å². The van der Waals surface area contributed by atoms with Crippen LogP contribution in [0.25, 0.3) is 22.2 Å². The summed E-state index contributed by atoms with van der Waals surface area (Å²) in [5.41, 5.74) is 10.2. The van der Waals surface area contributed by atoms with Crippen LogP contribution in [0.5, 0.6) is 0 Å². The Bertz CT molecular complexity index is 1660. The van der Waals surface area contributed by atoms with Crippen molar-refractivity contribution in [1.82, 2.24) is 20.0 Å². The summed E-state index contributed by atoms with van der Waals surface area (Å²) in [4.78, 5) is 34.2. The van der Waals surface area contributed by atoms with Crippen LogP contribution in [-0.4, -0.2) is 39.8 Å². The SMILES string of the molecule is COC(=O)c1ccc(/C=N\n2c(N)c(C(=O)NCc3ccc(F)cc3)c3nc4ccccc4nc32)cc1. The van der Waals surface area contributed by atoms with Crippen LogP contribution in [0.3, 0.4) is 0 Å². The van der Waals surface area contributed by atoms with Crippen molar-refractivity contribution in [2.45, 2.75) is 6.54 Å². The minimum atomic E-state index is -0.465. The standard InChI is InChI=1S/C27H21FN6O3/c1-37-27(36)18-10-6-17(7-11-18)15-31-34-24(29)22(26(35)30-14-16-8-12-19(28)13-9-16)23-25(34)33-21-5-3-2-4-20(21)32-23/h2-13,15H,14,29H2,1H3,(H,30,35)/b31-15-. The van der Waals surface area contributed by atoms with Crippen molar-refractivity contribution in [2.24, 2.45) is 5.10 Å². The molecule has 2 aromatic heterocycles. The summed E-state index contributed by atoms with van der Waals surface area (Å²) in [7, 11) is 1.32. The number of nitrogens with zero attached hydrogens (tertiary/aromatic N) is 4. The van der Waals surface area contributed by atoms with Crippen molar-refractivity contribution in [2.75, 3.05) is 12.8 Å². The first-order chi connectivity index (χ1) is 17.9. The number of carbonyl (C=O) groups is 2. The van der Waals surface area contributed by atoms with E-state index in [1.54, 1.807) is 48.5 Å². The van der Waals surface area contributed by atoms with Crippen LogP contribution < -0.4 is 11.1 Å². The number of ether oxygens (including phenoxy) is 1. The van der Waals surface area contributed by atoms with E-state index in [9.17, 15) is 14.0 Å². The molecule has 9 nitrogen and oxygen atoms in total. The monoisotopic (exact) mass is 496 g/mol. The second-order valence-electron chi connectivity index (χ2n) is 8.12. The molecule has 5 aromatic rings. The first-order valence-corrected chi connectivity index (χ1v) is 11.3. The highest BCUT2D eigenvalue weighted by Crippen LogP contribution is 2.28. The zero-order chi connectivity index (χ0) is 25.9. The number of methoxy groups -OCH3 is 1. The maximum Gasteiger partial charge on any atom is 0.337 e. The van der Waals surface area contributed by atoms with E-state index < -0.39 is 11.9 Å². The number of para-hydroxylation sites is 2. The summed E-state index contributed by atoms with van der Waals surface area (Å²) >= 11 is 0. The average molecular weight is 497 g/mol. The third kappa shape index (κ3) is 4.72. The summed E-state index contributed by atoms with van der Waals surface area (Å²) in [5, 5.41) is 7.27. The number of nitrogen functional groups attached to an aromatic ring is 1. The predicted molar refractivity (Wildman–Crippen MR) is 138 cm³/mol. The minimum Gasteiger partial charge on any atom is -0.465 e. The second kappa shape index (κ2) is 9.86. The van der Waals surface area contributed by atoms with E-state index in [0.717, 1.165) is 5.56 Å². The number of rotatable bonds is 6. The minimum absolute atomic E-state index is 0.0596. The fourth-order valence-corrected chi connectivity index (χ4v) is 3.81. The van der Waals surface area contributed by atoms with Gasteiger partial charge >= 0.3 is 5.97 Å². The number of anilines is 1. The number of nitrogens with one attached hydrogen (secondary N) is 1. The van der Waals surface area contributed by atoms with Crippen molar-refractivity contribution in [3.63, 3.8) is 0 Å². The molecule has 0 atom stereocenters. The van der Waals surface area contributed by atoms with Gasteiger partial charge in [0, 0.05) is 6.54 Å². The molecule has 37 heavy (non-hydrogen) atoms. The van der Waals surface area contributed by atoms with Crippen molar-refractivity contribution >= 4 is 46.1 Å². The maximum atomic E-state index is 13.2. The number of hydrogen-bond donors (Lipinski definition) is 2. The van der Waals surface area contributed by atoms with Crippen LogP contribution in [0.15, 0.2) is 77.9 Å². The van der Waals surface area contributed by atoms with Gasteiger partial charge in [-0.3, -0.25) is 4.79 Å². The number of amides is 1. The largest absolute Gasteiger partial charge is 0.465 e. The molecule has 3 N–H and O–H groups in total. The molecule has 10 heteroatoms. The summed E-state index contributed by atoms with van der Waals surface area (Å²) < 4.78 is 19.3. The van der Waals surface area contributed by atoms with Gasteiger partial charge in [0.05, 0.1) is 29.9 Å². The zero-order valence-electron chi connectivity index (χ0n) is 19.7. The average Bonchev–Trinajstić information content (AvgIpc) is 3.19. The zero-order valence-corrected chi connectivity index (χ0v) is 19.7. The molecule has 1 amide bonds. The lowest BCUT2D eigenvalue weighted by Crippen LogP contribution is -2.23. The molecule has 0 aliphatic heterocycles. The number of nitrogens with two attached hydrogens (primary N) is 1. The molecule has 0 saturated carbocycles. The maximum absolute atomic E-state index is 13.2. The van der Waals surface area contributed by atoms with E-state index in [2.05, 4.69) is 20.4 Å². The van der Waals surface area contributed by atoms with Gasteiger partial charge in [0.2, 0.25) is 0 Å². The van der Waals surface area contributed by atoms with Gasteiger partial charge in [-0.1, -0.05) is 36.4 Å². The lowest BCUT2D eigenvalue weighted by atomic mass is 10.1. The molecule has 0 fully saturated rings. The van der Waals surface area contributed by atoms with E-state index in [1.165, 1.54) is 30.1 Å². The Labute approximate surface area is 210 Å². The van der Waals surface area contributed by atoms with E-state index in [4.69, 9.17) is 10.5 Å². The lowest BCUT2D eigenvalue weighted by Gasteiger charge is -2.06. The van der Waals surface area contributed by atoms with Crippen molar-refractivity contribution in [3.05, 3.63) is 101 Å². The molecule has 184 valence electrons. The summed E-state index contributed by atoms with van der Waals surface area (Å²) in [6.45, 7) is 0.169. The topological polar surface area (TPSA) is 124 Å². The second-order valence-corrected chi connectivity index (χ2v) is 8.12. The Morgan fingerprint density at radius 1 is 1.03 bits per heavy atom. The highest BCUT2D eigenvalue weighted by atomic mass is 19.1. The first-order valence-electron chi connectivity index (χ1n) is 11.3. The molecule has 0 radical (unpaired) electrons. The Kier molecular flexibility index (Phi) is 6.29. The molecule has 2 heterocycles. The smallest absolute Gasteiger partial charge is 0.337 e. The number of fused-ring (bicyclic) bond motifs is 2.